The van der Waals surface area contributed by atoms with Crippen molar-refractivity contribution in [3.8, 4) is 0 Å². The number of halogens is 1. The molecular weight excluding hydrogens is 206 g/mol. The number of hydrogen-bond donors (Lipinski definition) is 2. The minimum atomic E-state index is -0.968. The van der Waals surface area contributed by atoms with Gasteiger partial charge >= 0.3 is 5.97 Å². The molecule has 5 nitrogen and oxygen atoms in total. The normalized spacial score (nSPS) is 8.21. The predicted octanol–water partition coefficient (Wildman–Crippen LogP) is -3.63. The summed E-state index contributed by atoms with van der Waals surface area (Å²) in [5.74, 6) is -0.968. The predicted molar refractivity (Wildman–Crippen MR) is 48.0 cm³/mol. The minimum Gasteiger partial charge on any atom is -1.00 e. The van der Waals surface area contributed by atoms with Gasteiger partial charge in [0.25, 0.3) is 0 Å². The van der Waals surface area contributed by atoms with Crippen molar-refractivity contribution in [2.75, 3.05) is 6.54 Å². The zero-order valence-corrected chi connectivity index (χ0v) is 9.11. The Morgan fingerprint density at radius 1 is 1.64 bits per heavy atom. The van der Waals surface area contributed by atoms with Gasteiger partial charge in [-0.3, -0.25) is 4.79 Å². The average Bonchev–Trinajstić information content (AvgIpc) is 2.52. The molecule has 0 aromatic carbocycles. The highest BCUT2D eigenvalue weighted by atomic mass is 35.5. The maximum Gasteiger partial charge on any atom is 0.317 e. The van der Waals surface area contributed by atoms with Gasteiger partial charge in [-0.1, -0.05) is 0 Å². The Morgan fingerprint density at radius 3 is 2.29 bits per heavy atom. The number of carboxylic acids is 1. The quantitative estimate of drug-likeness (QED) is 0.507. The second kappa shape index (κ2) is 8.52. The van der Waals surface area contributed by atoms with E-state index in [1.165, 1.54) is 0 Å². The summed E-state index contributed by atoms with van der Waals surface area (Å²) in [5.41, 5.74) is 4.57. The molecule has 0 aliphatic carbocycles. The molecule has 1 aromatic heterocycles. The lowest BCUT2D eigenvalue weighted by atomic mass is 10.7. The van der Waals surface area contributed by atoms with Crippen LogP contribution in [0.4, 0.5) is 0 Å². The van der Waals surface area contributed by atoms with Crippen LogP contribution in [-0.4, -0.2) is 22.2 Å². The van der Waals surface area contributed by atoms with Crippen LogP contribution in [-0.2, 0) is 18.4 Å². The van der Waals surface area contributed by atoms with Crippen molar-refractivity contribution in [1.82, 2.24) is 4.57 Å². The second-order valence-corrected chi connectivity index (χ2v) is 2.51. The largest absolute Gasteiger partial charge is 1.00 e. The molecule has 0 saturated heterocycles. The summed E-state index contributed by atoms with van der Waals surface area (Å²) in [5, 5.41) is 7.60. The molecule has 0 amide bonds. The smallest absolute Gasteiger partial charge is 0.317 e. The van der Waals surface area contributed by atoms with Gasteiger partial charge in [-0.25, -0.2) is 9.13 Å². The number of nitrogens with zero attached hydrogens (tertiary/aromatic N) is 2. The molecule has 6 heteroatoms. The Labute approximate surface area is 89.6 Å². The van der Waals surface area contributed by atoms with Crippen LogP contribution in [0.25, 0.3) is 0 Å². The summed E-state index contributed by atoms with van der Waals surface area (Å²) in [6, 6.07) is 0. The lowest BCUT2D eigenvalue weighted by Crippen LogP contribution is -3.00. The summed E-state index contributed by atoms with van der Waals surface area (Å²) in [4.78, 5) is 9.24. The summed E-state index contributed by atoms with van der Waals surface area (Å²) in [6.07, 6.45) is 6.14. The SMILES string of the molecule is CCn1cc[n+](C)c1.NCC(=O)O.[Cl-]. The first-order valence-electron chi connectivity index (χ1n) is 4.03. The van der Waals surface area contributed by atoms with E-state index >= 15 is 0 Å². The van der Waals surface area contributed by atoms with Crippen molar-refractivity contribution in [1.29, 1.82) is 0 Å². The number of rotatable bonds is 2. The fourth-order valence-electron chi connectivity index (χ4n) is 0.689. The highest BCUT2D eigenvalue weighted by Crippen LogP contribution is 1.79. The molecule has 0 unspecified atom stereocenters. The summed E-state index contributed by atoms with van der Waals surface area (Å²) in [6.45, 7) is 2.90. The van der Waals surface area contributed by atoms with E-state index in [0.29, 0.717) is 0 Å². The number of nitrogens with two attached hydrogens (primary N) is 1. The van der Waals surface area contributed by atoms with Crippen LogP contribution in [0.1, 0.15) is 6.92 Å². The Kier molecular flexibility index (Phi) is 9.38. The van der Waals surface area contributed by atoms with Crippen LogP contribution < -0.4 is 22.7 Å². The van der Waals surface area contributed by atoms with Crippen molar-refractivity contribution in [2.45, 2.75) is 13.5 Å². The van der Waals surface area contributed by atoms with Gasteiger partial charge in [-0.2, -0.15) is 0 Å². The second-order valence-electron chi connectivity index (χ2n) is 2.51. The average molecular weight is 222 g/mol. The summed E-state index contributed by atoms with van der Waals surface area (Å²) >= 11 is 0. The number of carbonyl (C=O) groups is 1. The van der Waals surface area contributed by atoms with Crippen LogP contribution in [0.5, 0.6) is 0 Å². The molecule has 82 valence electrons. The standard InChI is InChI=1S/C6H11N2.C2H5NO2.ClH/c1-3-8-5-4-7(2)6-8;3-1-2(4)5;/h4-6H,3H2,1-2H3;1,3H2,(H,4,5);1H/q+1;;/p-1. The van der Waals surface area contributed by atoms with Gasteiger partial charge in [0.1, 0.15) is 12.4 Å². The fraction of sp³-hybridized carbons (Fsp3) is 0.500. The lowest BCUT2D eigenvalue weighted by Gasteiger charge is -1.81. The zero-order valence-electron chi connectivity index (χ0n) is 8.35. The van der Waals surface area contributed by atoms with Crippen LogP contribution >= 0.6 is 0 Å². The Balaban J connectivity index is 0. The molecule has 0 spiro atoms. The molecule has 3 N–H and O–H groups in total. The van der Waals surface area contributed by atoms with Crippen molar-refractivity contribution in [3.05, 3.63) is 18.7 Å². The van der Waals surface area contributed by atoms with E-state index in [0.717, 1.165) is 6.54 Å². The third-order valence-corrected chi connectivity index (χ3v) is 1.36. The number of hydrogen-bond acceptors (Lipinski definition) is 2. The van der Waals surface area contributed by atoms with E-state index in [-0.39, 0.29) is 19.0 Å². The van der Waals surface area contributed by atoms with Gasteiger partial charge in [-0.15, -0.1) is 0 Å². The summed E-state index contributed by atoms with van der Waals surface area (Å²) in [7, 11) is 2.02. The van der Waals surface area contributed by atoms with E-state index in [4.69, 9.17) is 5.11 Å². The van der Waals surface area contributed by atoms with Crippen LogP contribution in [0.2, 0.25) is 0 Å². The van der Waals surface area contributed by atoms with Gasteiger partial charge in [0.2, 0.25) is 6.33 Å². The molecule has 0 saturated carbocycles. The Morgan fingerprint density at radius 2 is 2.14 bits per heavy atom. The number of imidazole rings is 1. The first-order chi connectivity index (χ1) is 6.10. The van der Waals surface area contributed by atoms with E-state index in [2.05, 4.69) is 29.7 Å². The zero-order chi connectivity index (χ0) is 10.3. The third-order valence-electron chi connectivity index (χ3n) is 1.36. The topological polar surface area (TPSA) is 72.1 Å². The van der Waals surface area contributed by atoms with Gasteiger partial charge in [0.15, 0.2) is 0 Å². The molecule has 0 radical (unpaired) electrons. The highest BCUT2D eigenvalue weighted by molar-refractivity contribution is 5.68. The highest BCUT2D eigenvalue weighted by Gasteiger charge is 1.92. The molecule has 0 atom stereocenters. The molecule has 0 aliphatic heterocycles. The van der Waals surface area contributed by atoms with Crippen molar-refractivity contribution in [3.63, 3.8) is 0 Å². The van der Waals surface area contributed by atoms with Gasteiger partial charge in [-0.05, 0) is 6.92 Å². The maximum atomic E-state index is 9.24. The van der Waals surface area contributed by atoms with Crippen molar-refractivity contribution < 1.29 is 26.9 Å². The first-order valence-corrected chi connectivity index (χ1v) is 4.03. The number of carboxylic acid groups (broad SMARTS) is 1. The van der Waals surface area contributed by atoms with Crippen LogP contribution in [0.3, 0.4) is 0 Å². The monoisotopic (exact) mass is 221 g/mol. The fourth-order valence-corrected chi connectivity index (χ4v) is 0.689. The maximum absolute atomic E-state index is 9.24. The van der Waals surface area contributed by atoms with Gasteiger partial charge in [0.05, 0.1) is 20.1 Å². The van der Waals surface area contributed by atoms with Crippen molar-refractivity contribution >= 4 is 5.97 Å². The van der Waals surface area contributed by atoms with Crippen molar-refractivity contribution in [2.24, 2.45) is 12.8 Å². The van der Waals surface area contributed by atoms with E-state index in [1.807, 2.05) is 17.8 Å². The number of aryl methyl sites for hydroxylation is 2. The third kappa shape index (κ3) is 7.57. The van der Waals surface area contributed by atoms with Gasteiger partial charge < -0.3 is 23.2 Å². The van der Waals surface area contributed by atoms with E-state index in [9.17, 15) is 4.79 Å². The Hall–Kier alpha value is -1.07. The molecule has 0 fully saturated rings. The molecule has 14 heavy (non-hydrogen) atoms. The molecule has 1 rings (SSSR count). The summed E-state index contributed by atoms with van der Waals surface area (Å²) < 4.78 is 4.16. The van der Waals surface area contributed by atoms with Crippen LogP contribution in [0.15, 0.2) is 18.7 Å². The molecular formula is C8H16ClN3O2. The van der Waals surface area contributed by atoms with Crippen LogP contribution in [0, 0.1) is 0 Å². The first kappa shape index (κ1) is 15.4. The van der Waals surface area contributed by atoms with E-state index in [1.54, 1.807) is 0 Å². The van der Waals surface area contributed by atoms with E-state index < -0.39 is 5.97 Å². The van der Waals surface area contributed by atoms with Gasteiger partial charge in [0, 0.05) is 0 Å². The lowest BCUT2D eigenvalue weighted by molar-refractivity contribution is -0.671. The molecule has 1 heterocycles. The Bertz CT molecular complexity index is 263. The molecule has 0 bridgehead atoms. The molecule has 1 aromatic rings. The minimum absolute atomic E-state index is 0. The number of aliphatic carboxylic acids is 1. The number of aromatic nitrogens is 2. The molecule has 0 aliphatic rings.